The van der Waals surface area contributed by atoms with Gasteiger partial charge in [-0.3, -0.25) is 4.98 Å². The molecule has 5 nitrogen and oxygen atoms in total. The van der Waals surface area contributed by atoms with Crippen molar-refractivity contribution in [2.75, 3.05) is 13.1 Å². The van der Waals surface area contributed by atoms with Crippen LogP contribution in [-0.2, 0) is 10.0 Å². The molecule has 1 aliphatic rings. The van der Waals surface area contributed by atoms with Gasteiger partial charge in [0, 0.05) is 24.7 Å². The van der Waals surface area contributed by atoms with Crippen LogP contribution >= 0.6 is 0 Å². The van der Waals surface area contributed by atoms with Gasteiger partial charge in [-0.15, -0.1) is 0 Å². The molecule has 2 heterocycles. The van der Waals surface area contributed by atoms with Crippen molar-refractivity contribution in [1.82, 2.24) is 9.29 Å². The summed E-state index contributed by atoms with van der Waals surface area (Å²) in [7, 11) is -3.63. The normalized spacial score (nSPS) is 16.4. The van der Waals surface area contributed by atoms with Gasteiger partial charge >= 0.3 is 0 Å². The maximum absolute atomic E-state index is 13.5. The molecule has 146 valence electrons. The number of aryl methyl sites for hydroxylation is 1. The van der Waals surface area contributed by atoms with Crippen LogP contribution in [0.2, 0.25) is 0 Å². The number of hydrogen-bond acceptors (Lipinski definition) is 4. The predicted molar refractivity (Wildman–Crippen MR) is 105 cm³/mol. The molecule has 1 saturated heterocycles. The Morgan fingerprint density at radius 1 is 1.11 bits per heavy atom. The number of fused-ring (bicyclic) bond motifs is 1. The molecule has 0 atom stereocenters. The molecule has 4 rings (SSSR count). The number of pyridine rings is 1. The van der Waals surface area contributed by atoms with Gasteiger partial charge in [0.1, 0.15) is 23.2 Å². The van der Waals surface area contributed by atoms with Gasteiger partial charge in [0.15, 0.2) is 0 Å². The summed E-state index contributed by atoms with van der Waals surface area (Å²) in [5.41, 5.74) is 1.13. The number of sulfonamides is 1. The summed E-state index contributed by atoms with van der Waals surface area (Å²) in [6.07, 6.45) is 2.83. The molecule has 2 aromatic carbocycles. The molecule has 0 amide bonds. The van der Waals surface area contributed by atoms with Crippen LogP contribution in [0.4, 0.5) is 4.39 Å². The lowest BCUT2D eigenvalue weighted by Gasteiger charge is -2.31. The Balaban J connectivity index is 1.46. The fourth-order valence-corrected chi connectivity index (χ4v) is 5.02. The first-order valence-corrected chi connectivity index (χ1v) is 10.7. The highest BCUT2D eigenvalue weighted by Gasteiger charge is 2.30. The summed E-state index contributed by atoms with van der Waals surface area (Å²) >= 11 is 0. The zero-order valence-electron chi connectivity index (χ0n) is 15.5. The monoisotopic (exact) mass is 400 g/mol. The summed E-state index contributed by atoms with van der Waals surface area (Å²) in [4.78, 5) is 4.52. The quantitative estimate of drug-likeness (QED) is 0.666. The number of hydrogen-bond donors (Lipinski definition) is 0. The fraction of sp³-hybridized carbons (Fsp3) is 0.286. The average molecular weight is 400 g/mol. The summed E-state index contributed by atoms with van der Waals surface area (Å²) in [5.74, 6) is 0.309. The third-order valence-corrected chi connectivity index (χ3v) is 6.95. The molecule has 0 unspecified atom stereocenters. The topological polar surface area (TPSA) is 59.5 Å². The van der Waals surface area contributed by atoms with Crippen LogP contribution in [0.15, 0.2) is 59.6 Å². The smallest absolute Gasteiger partial charge is 0.243 e. The van der Waals surface area contributed by atoms with Crippen molar-refractivity contribution >= 4 is 20.9 Å². The molecular formula is C21H21FN2O3S. The van der Waals surface area contributed by atoms with Gasteiger partial charge in [-0.2, -0.15) is 4.31 Å². The molecule has 0 saturated carbocycles. The molecule has 0 bridgehead atoms. The van der Waals surface area contributed by atoms with Crippen molar-refractivity contribution in [3.05, 3.63) is 66.1 Å². The molecule has 3 aromatic rings. The van der Waals surface area contributed by atoms with Crippen LogP contribution in [0.1, 0.15) is 18.4 Å². The average Bonchev–Trinajstić information content (AvgIpc) is 2.71. The van der Waals surface area contributed by atoms with Gasteiger partial charge in [0.05, 0.1) is 4.90 Å². The highest BCUT2D eigenvalue weighted by atomic mass is 32.2. The van der Waals surface area contributed by atoms with Gasteiger partial charge in [0.25, 0.3) is 0 Å². The number of benzene rings is 2. The van der Waals surface area contributed by atoms with Gasteiger partial charge in [-0.1, -0.05) is 18.2 Å². The lowest BCUT2D eigenvalue weighted by Crippen LogP contribution is -2.41. The number of aromatic nitrogens is 1. The Bertz CT molecular complexity index is 1100. The number of rotatable bonds is 4. The van der Waals surface area contributed by atoms with E-state index in [4.69, 9.17) is 4.74 Å². The Hall–Kier alpha value is -2.51. The molecule has 0 radical (unpaired) electrons. The van der Waals surface area contributed by atoms with Gasteiger partial charge in [-0.25, -0.2) is 12.8 Å². The number of ether oxygens (including phenoxy) is 1. The Kier molecular flexibility index (Phi) is 5.03. The first kappa shape index (κ1) is 18.8. The molecular weight excluding hydrogens is 379 g/mol. The first-order valence-electron chi connectivity index (χ1n) is 9.22. The zero-order chi connectivity index (χ0) is 19.7. The molecule has 0 aliphatic carbocycles. The lowest BCUT2D eigenvalue weighted by atomic mass is 10.1. The van der Waals surface area contributed by atoms with E-state index in [0.29, 0.717) is 37.2 Å². The zero-order valence-corrected chi connectivity index (χ0v) is 16.3. The van der Waals surface area contributed by atoms with E-state index in [1.807, 2.05) is 30.3 Å². The third-order valence-electron chi connectivity index (χ3n) is 5.06. The minimum Gasteiger partial charge on any atom is -0.488 e. The van der Waals surface area contributed by atoms with Crippen molar-refractivity contribution in [2.45, 2.75) is 30.8 Å². The second-order valence-corrected chi connectivity index (χ2v) is 8.90. The van der Waals surface area contributed by atoms with E-state index in [2.05, 4.69) is 4.98 Å². The standard InChI is InChI=1S/C21H21FN2O3S/c1-15-14-18(7-8-19(15)22)28(25,26)24-12-9-17(10-13-24)27-20-6-2-4-16-5-3-11-23-21(16)20/h2-8,11,14,17H,9-10,12-13H2,1H3. The van der Waals surface area contributed by atoms with E-state index < -0.39 is 15.8 Å². The van der Waals surface area contributed by atoms with Crippen LogP contribution in [0.25, 0.3) is 10.9 Å². The largest absolute Gasteiger partial charge is 0.488 e. The van der Waals surface area contributed by atoms with Crippen molar-refractivity contribution in [3.63, 3.8) is 0 Å². The number of para-hydroxylation sites is 1. The summed E-state index contributed by atoms with van der Waals surface area (Å²) in [6, 6.07) is 13.6. The Labute approximate surface area is 163 Å². The van der Waals surface area contributed by atoms with E-state index in [0.717, 1.165) is 10.9 Å². The first-order chi connectivity index (χ1) is 13.4. The Morgan fingerprint density at radius 2 is 1.86 bits per heavy atom. The maximum Gasteiger partial charge on any atom is 0.243 e. The van der Waals surface area contributed by atoms with E-state index in [9.17, 15) is 12.8 Å². The van der Waals surface area contributed by atoms with Crippen LogP contribution < -0.4 is 4.74 Å². The minimum absolute atomic E-state index is 0.0750. The number of halogens is 1. The van der Waals surface area contributed by atoms with E-state index in [1.165, 1.54) is 22.5 Å². The summed E-state index contributed by atoms with van der Waals surface area (Å²) < 4.78 is 46.7. The van der Waals surface area contributed by atoms with Crippen molar-refractivity contribution in [1.29, 1.82) is 0 Å². The summed E-state index contributed by atoms with van der Waals surface area (Å²) in [6.45, 7) is 2.29. The van der Waals surface area contributed by atoms with Gasteiger partial charge < -0.3 is 4.74 Å². The van der Waals surface area contributed by atoms with Crippen LogP contribution in [0.3, 0.4) is 0 Å². The lowest BCUT2D eigenvalue weighted by molar-refractivity contribution is 0.136. The van der Waals surface area contributed by atoms with Gasteiger partial charge in [0.2, 0.25) is 10.0 Å². The van der Waals surface area contributed by atoms with Crippen molar-refractivity contribution in [2.24, 2.45) is 0 Å². The second kappa shape index (κ2) is 7.48. The van der Waals surface area contributed by atoms with Crippen LogP contribution in [0, 0.1) is 12.7 Å². The highest BCUT2D eigenvalue weighted by molar-refractivity contribution is 7.89. The number of piperidine rings is 1. The second-order valence-electron chi connectivity index (χ2n) is 6.96. The molecule has 28 heavy (non-hydrogen) atoms. The van der Waals surface area contributed by atoms with Crippen molar-refractivity contribution in [3.8, 4) is 5.75 Å². The molecule has 1 aromatic heterocycles. The molecule has 0 N–H and O–H groups in total. The van der Waals surface area contributed by atoms with E-state index >= 15 is 0 Å². The predicted octanol–water partition coefficient (Wildman–Crippen LogP) is 3.91. The maximum atomic E-state index is 13.5. The molecule has 7 heteroatoms. The SMILES string of the molecule is Cc1cc(S(=O)(=O)N2CCC(Oc3cccc4cccnc34)CC2)ccc1F. The van der Waals surface area contributed by atoms with Crippen molar-refractivity contribution < 1.29 is 17.5 Å². The fourth-order valence-electron chi connectivity index (χ4n) is 3.47. The third kappa shape index (κ3) is 3.59. The van der Waals surface area contributed by atoms with Crippen LogP contribution in [0.5, 0.6) is 5.75 Å². The van der Waals surface area contributed by atoms with Crippen LogP contribution in [-0.4, -0.2) is 36.9 Å². The number of nitrogens with zero attached hydrogens (tertiary/aromatic N) is 2. The molecule has 0 spiro atoms. The van der Waals surface area contributed by atoms with E-state index in [-0.39, 0.29) is 11.0 Å². The summed E-state index contributed by atoms with van der Waals surface area (Å²) in [5, 5.41) is 1.01. The highest BCUT2D eigenvalue weighted by Crippen LogP contribution is 2.28. The minimum atomic E-state index is -3.63. The molecule has 1 fully saturated rings. The molecule has 1 aliphatic heterocycles. The van der Waals surface area contributed by atoms with Gasteiger partial charge in [-0.05, 0) is 55.7 Å². The van der Waals surface area contributed by atoms with E-state index in [1.54, 1.807) is 13.1 Å². The Morgan fingerprint density at radius 3 is 2.61 bits per heavy atom.